The Labute approximate surface area is 177 Å². The molecule has 1 spiro atoms. The predicted molar refractivity (Wildman–Crippen MR) is 114 cm³/mol. The standard InChI is InChI=1S/C25H30FN3O/c1-23(2,3)11-17-21-22(29-28-17)27-16-12-24(4,5)13-18(30)20(16)25(21)10-9-14-7-6-8-15(26)19(14)25/h6-8,17,27H,9-13H2,1-5H3/t17?,25-/m1/s1. The monoisotopic (exact) mass is 407 g/mol. The molecule has 2 atom stereocenters. The Bertz CT molecular complexity index is 1060. The van der Waals surface area contributed by atoms with Gasteiger partial charge in [-0.05, 0) is 48.1 Å². The summed E-state index contributed by atoms with van der Waals surface area (Å²) in [6, 6.07) is 5.18. The molecule has 0 amide bonds. The quantitative estimate of drug-likeness (QED) is 0.645. The maximum Gasteiger partial charge on any atom is 0.162 e. The topological polar surface area (TPSA) is 53.8 Å². The minimum Gasteiger partial charge on any atom is -0.342 e. The largest absolute Gasteiger partial charge is 0.342 e. The van der Waals surface area contributed by atoms with Gasteiger partial charge in [-0.25, -0.2) is 4.39 Å². The summed E-state index contributed by atoms with van der Waals surface area (Å²) < 4.78 is 15.4. The zero-order valence-electron chi connectivity index (χ0n) is 18.5. The van der Waals surface area contributed by atoms with Gasteiger partial charge in [-0.15, -0.1) is 5.11 Å². The normalized spacial score (nSPS) is 29.3. The fraction of sp³-hybridized carbons (Fsp3) is 0.560. The third-order valence-electron chi connectivity index (χ3n) is 7.02. The van der Waals surface area contributed by atoms with Gasteiger partial charge in [-0.1, -0.05) is 46.8 Å². The van der Waals surface area contributed by atoms with Crippen molar-refractivity contribution in [2.24, 2.45) is 21.1 Å². The van der Waals surface area contributed by atoms with E-state index in [1.54, 1.807) is 6.07 Å². The number of aryl methyl sites for hydroxylation is 1. The fourth-order valence-corrected chi connectivity index (χ4v) is 6.12. The molecule has 0 fully saturated rings. The molecule has 1 N–H and O–H groups in total. The van der Waals surface area contributed by atoms with Gasteiger partial charge >= 0.3 is 0 Å². The van der Waals surface area contributed by atoms with Gasteiger partial charge in [0, 0.05) is 28.8 Å². The van der Waals surface area contributed by atoms with Crippen LogP contribution in [0.3, 0.4) is 0 Å². The molecule has 2 heterocycles. The summed E-state index contributed by atoms with van der Waals surface area (Å²) in [6.45, 7) is 10.8. The second-order valence-corrected chi connectivity index (χ2v) is 11.4. The smallest absolute Gasteiger partial charge is 0.162 e. The van der Waals surface area contributed by atoms with Crippen LogP contribution in [0.15, 0.2) is 51.1 Å². The number of carbonyl (C=O) groups excluding carboxylic acids is 1. The average molecular weight is 408 g/mol. The Kier molecular flexibility index (Phi) is 4.01. The second kappa shape index (κ2) is 6.12. The molecule has 4 nitrogen and oxygen atoms in total. The molecule has 0 aromatic heterocycles. The van der Waals surface area contributed by atoms with Crippen LogP contribution in [0.4, 0.5) is 4.39 Å². The number of nitrogens with one attached hydrogen (secondary N) is 1. The SMILES string of the molecule is CC(C)(C)CC1N=NC2=C1[C@@]1(CCc3cccc(F)c31)C1=C(CC(C)(C)CC1=O)N2. The number of Topliss-reactive ketones (excluding diaryl/α,β-unsaturated/α-hetero) is 1. The number of nitrogens with zero attached hydrogens (tertiary/aromatic N) is 2. The number of ketones is 1. The molecule has 0 bridgehead atoms. The molecule has 0 radical (unpaired) electrons. The van der Waals surface area contributed by atoms with Crippen molar-refractivity contribution < 1.29 is 9.18 Å². The van der Waals surface area contributed by atoms with Crippen LogP contribution in [0.5, 0.6) is 0 Å². The lowest BCUT2D eigenvalue weighted by molar-refractivity contribution is -0.118. The molecule has 0 saturated heterocycles. The molecule has 158 valence electrons. The lowest BCUT2D eigenvalue weighted by Crippen LogP contribution is -2.47. The zero-order chi connectivity index (χ0) is 21.5. The van der Waals surface area contributed by atoms with E-state index < -0.39 is 5.41 Å². The maximum absolute atomic E-state index is 15.4. The number of benzene rings is 1. The summed E-state index contributed by atoms with van der Waals surface area (Å²) in [7, 11) is 0. The van der Waals surface area contributed by atoms with E-state index in [9.17, 15) is 4.79 Å². The van der Waals surface area contributed by atoms with Crippen molar-refractivity contribution in [1.82, 2.24) is 5.32 Å². The van der Waals surface area contributed by atoms with Gasteiger partial charge in [0.05, 0.1) is 11.5 Å². The number of hydrogen-bond donors (Lipinski definition) is 1. The van der Waals surface area contributed by atoms with Crippen molar-refractivity contribution in [3.05, 3.63) is 57.8 Å². The van der Waals surface area contributed by atoms with Crippen LogP contribution in [-0.4, -0.2) is 11.8 Å². The van der Waals surface area contributed by atoms with E-state index in [4.69, 9.17) is 0 Å². The van der Waals surface area contributed by atoms with E-state index in [-0.39, 0.29) is 28.5 Å². The number of carbonyl (C=O) groups is 1. The summed E-state index contributed by atoms with van der Waals surface area (Å²) in [5.74, 6) is 0.659. The first-order chi connectivity index (χ1) is 14.0. The summed E-state index contributed by atoms with van der Waals surface area (Å²) in [5, 5.41) is 12.6. The highest BCUT2D eigenvalue weighted by Gasteiger charge is 2.58. The summed E-state index contributed by atoms with van der Waals surface area (Å²) >= 11 is 0. The van der Waals surface area contributed by atoms with Crippen molar-refractivity contribution in [3.8, 4) is 0 Å². The molecule has 5 rings (SSSR count). The Morgan fingerprint density at radius 3 is 2.73 bits per heavy atom. The number of hydrogen-bond acceptors (Lipinski definition) is 4. The Balaban J connectivity index is 1.77. The first-order valence-corrected chi connectivity index (χ1v) is 11.0. The Morgan fingerprint density at radius 2 is 2.00 bits per heavy atom. The van der Waals surface area contributed by atoms with Crippen LogP contribution >= 0.6 is 0 Å². The Hall–Kier alpha value is -2.30. The van der Waals surface area contributed by atoms with Crippen molar-refractivity contribution in [1.29, 1.82) is 0 Å². The van der Waals surface area contributed by atoms with E-state index in [0.29, 0.717) is 18.4 Å². The van der Waals surface area contributed by atoms with Gasteiger partial charge in [0.15, 0.2) is 11.6 Å². The van der Waals surface area contributed by atoms with Crippen LogP contribution in [0.25, 0.3) is 0 Å². The van der Waals surface area contributed by atoms with Crippen LogP contribution in [0, 0.1) is 16.6 Å². The molecule has 5 heteroatoms. The van der Waals surface area contributed by atoms with Crippen molar-refractivity contribution in [3.63, 3.8) is 0 Å². The average Bonchev–Trinajstić information content (AvgIpc) is 3.16. The van der Waals surface area contributed by atoms with Crippen LogP contribution in [-0.2, 0) is 16.6 Å². The minimum absolute atomic E-state index is 0.0389. The van der Waals surface area contributed by atoms with E-state index in [1.807, 2.05) is 6.07 Å². The van der Waals surface area contributed by atoms with E-state index in [0.717, 1.165) is 47.5 Å². The number of halogens is 1. The van der Waals surface area contributed by atoms with Gasteiger partial charge in [0.1, 0.15) is 5.82 Å². The van der Waals surface area contributed by atoms with Crippen molar-refractivity contribution in [2.75, 3.05) is 0 Å². The lowest BCUT2D eigenvalue weighted by Gasteiger charge is -2.45. The summed E-state index contributed by atoms with van der Waals surface area (Å²) in [6.07, 6.45) is 3.53. The third-order valence-corrected chi connectivity index (χ3v) is 7.02. The molecular formula is C25H30FN3O. The van der Waals surface area contributed by atoms with Crippen LogP contribution in [0.1, 0.15) is 71.4 Å². The highest BCUT2D eigenvalue weighted by molar-refractivity contribution is 6.02. The van der Waals surface area contributed by atoms with E-state index in [1.165, 1.54) is 6.07 Å². The summed E-state index contributed by atoms with van der Waals surface area (Å²) in [5.41, 5.74) is 3.56. The minimum atomic E-state index is -0.746. The van der Waals surface area contributed by atoms with Gasteiger partial charge in [-0.3, -0.25) is 4.79 Å². The van der Waals surface area contributed by atoms with Crippen LogP contribution in [0.2, 0.25) is 0 Å². The van der Waals surface area contributed by atoms with Crippen molar-refractivity contribution >= 4 is 5.78 Å². The molecule has 1 unspecified atom stereocenters. The molecule has 1 aromatic carbocycles. The maximum atomic E-state index is 15.4. The zero-order valence-corrected chi connectivity index (χ0v) is 18.5. The molecule has 1 aromatic rings. The Morgan fingerprint density at radius 1 is 1.23 bits per heavy atom. The molecule has 0 saturated carbocycles. The number of rotatable bonds is 1. The van der Waals surface area contributed by atoms with Gasteiger partial charge in [-0.2, -0.15) is 5.11 Å². The van der Waals surface area contributed by atoms with Gasteiger partial charge in [0.25, 0.3) is 0 Å². The number of fused-ring (bicyclic) bond motifs is 4. The highest BCUT2D eigenvalue weighted by Crippen LogP contribution is 2.59. The first-order valence-electron chi connectivity index (χ1n) is 11.0. The van der Waals surface area contributed by atoms with Gasteiger partial charge in [0.2, 0.25) is 0 Å². The molecule has 2 aliphatic heterocycles. The first kappa shape index (κ1) is 19.7. The highest BCUT2D eigenvalue weighted by atomic mass is 19.1. The van der Waals surface area contributed by atoms with Crippen molar-refractivity contribution in [2.45, 2.75) is 78.2 Å². The van der Waals surface area contributed by atoms with E-state index >= 15 is 4.39 Å². The van der Waals surface area contributed by atoms with E-state index in [2.05, 4.69) is 50.2 Å². The fourth-order valence-electron chi connectivity index (χ4n) is 6.12. The number of azo groups is 1. The van der Waals surface area contributed by atoms with Gasteiger partial charge < -0.3 is 5.32 Å². The van der Waals surface area contributed by atoms with Crippen LogP contribution < -0.4 is 5.32 Å². The number of allylic oxidation sites excluding steroid dienone is 2. The number of dihydropyridines is 1. The second-order valence-electron chi connectivity index (χ2n) is 11.4. The molecule has 2 aliphatic carbocycles. The predicted octanol–water partition coefficient (Wildman–Crippen LogP) is 5.74. The summed E-state index contributed by atoms with van der Waals surface area (Å²) in [4.78, 5) is 13.6. The third kappa shape index (κ3) is 2.74. The molecular weight excluding hydrogens is 377 g/mol. The lowest BCUT2D eigenvalue weighted by atomic mass is 9.59. The molecule has 30 heavy (non-hydrogen) atoms. The molecule has 4 aliphatic rings.